The molecule has 8 heteroatoms. The standard InChI is InChI=1S/C27H36FN3O4/c1-18(30-9-13-34-23-7-6-21(28)17-24(23)35-27(2,3)4)14-19-15-20-8-11-31(10-5-12-32)25(20)22(16-19)26(29)33/h6-8,11,15-18,30,32H,5,9-10,12-14H2,1-4H3,(H2,29,33). The number of carbonyl (C=O) groups is 1. The first-order valence-electron chi connectivity index (χ1n) is 11.9. The van der Waals surface area contributed by atoms with Crippen LogP contribution in [0, 0.1) is 5.82 Å². The molecular weight excluding hydrogens is 449 g/mol. The van der Waals surface area contributed by atoms with Crippen molar-refractivity contribution in [2.75, 3.05) is 19.8 Å². The molecular formula is C27H36FN3O4. The molecule has 0 spiro atoms. The van der Waals surface area contributed by atoms with Gasteiger partial charge in [-0.2, -0.15) is 0 Å². The van der Waals surface area contributed by atoms with Gasteiger partial charge in [-0.25, -0.2) is 4.39 Å². The molecule has 1 amide bonds. The van der Waals surface area contributed by atoms with Crippen LogP contribution in [0.15, 0.2) is 42.6 Å². The number of aliphatic hydroxyl groups is 1. The van der Waals surface area contributed by atoms with Gasteiger partial charge in [0.1, 0.15) is 18.0 Å². The largest absolute Gasteiger partial charge is 0.488 e. The number of rotatable bonds is 12. The summed E-state index contributed by atoms with van der Waals surface area (Å²) in [6, 6.07) is 10.3. The highest BCUT2D eigenvalue weighted by Crippen LogP contribution is 2.31. The number of nitrogens with two attached hydrogens (primary N) is 1. The Balaban J connectivity index is 1.60. The zero-order valence-electron chi connectivity index (χ0n) is 20.9. The molecule has 3 aromatic rings. The fourth-order valence-electron chi connectivity index (χ4n) is 4.05. The van der Waals surface area contributed by atoms with Crippen LogP contribution in [0.3, 0.4) is 0 Å². The van der Waals surface area contributed by atoms with E-state index >= 15 is 0 Å². The van der Waals surface area contributed by atoms with Gasteiger partial charge in [-0.05, 0) is 76.4 Å². The summed E-state index contributed by atoms with van der Waals surface area (Å²) in [5.41, 5.74) is 7.51. The average Bonchev–Trinajstić information content (AvgIpc) is 3.17. The highest BCUT2D eigenvalue weighted by Gasteiger charge is 2.17. The van der Waals surface area contributed by atoms with Crippen molar-refractivity contribution in [1.82, 2.24) is 9.88 Å². The summed E-state index contributed by atoms with van der Waals surface area (Å²) in [7, 11) is 0. The Morgan fingerprint density at radius 1 is 1.20 bits per heavy atom. The van der Waals surface area contributed by atoms with Crippen LogP contribution in [0.1, 0.15) is 50.0 Å². The Morgan fingerprint density at radius 2 is 1.97 bits per heavy atom. The van der Waals surface area contributed by atoms with E-state index in [4.69, 9.17) is 20.3 Å². The summed E-state index contributed by atoms with van der Waals surface area (Å²) in [4.78, 5) is 12.2. The van der Waals surface area contributed by atoms with Crippen LogP contribution < -0.4 is 20.5 Å². The minimum atomic E-state index is -0.470. The van der Waals surface area contributed by atoms with E-state index in [-0.39, 0.29) is 18.5 Å². The van der Waals surface area contributed by atoms with Crippen molar-refractivity contribution in [1.29, 1.82) is 0 Å². The predicted octanol–water partition coefficient (Wildman–Crippen LogP) is 4.04. The molecule has 0 aliphatic heterocycles. The van der Waals surface area contributed by atoms with Crippen molar-refractivity contribution in [2.24, 2.45) is 5.73 Å². The van der Waals surface area contributed by atoms with E-state index in [0.29, 0.717) is 49.6 Å². The highest BCUT2D eigenvalue weighted by molar-refractivity contribution is 6.05. The second-order valence-corrected chi connectivity index (χ2v) is 9.75. The first-order valence-corrected chi connectivity index (χ1v) is 11.9. The number of fused-ring (bicyclic) bond motifs is 1. The number of nitrogens with zero attached hydrogens (tertiary/aromatic N) is 1. The van der Waals surface area contributed by atoms with Crippen molar-refractivity contribution in [3.8, 4) is 11.5 Å². The molecule has 0 saturated heterocycles. The molecule has 1 aromatic heterocycles. The maximum Gasteiger partial charge on any atom is 0.250 e. The van der Waals surface area contributed by atoms with Crippen molar-refractivity contribution in [3.63, 3.8) is 0 Å². The van der Waals surface area contributed by atoms with Gasteiger partial charge in [-0.3, -0.25) is 4.79 Å². The third kappa shape index (κ3) is 7.44. The minimum Gasteiger partial charge on any atom is -0.488 e. The molecule has 0 aliphatic carbocycles. The van der Waals surface area contributed by atoms with E-state index in [0.717, 1.165) is 16.5 Å². The Morgan fingerprint density at radius 3 is 2.66 bits per heavy atom. The zero-order valence-corrected chi connectivity index (χ0v) is 20.9. The van der Waals surface area contributed by atoms with Gasteiger partial charge in [-0.15, -0.1) is 0 Å². The SMILES string of the molecule is CC(Cc1cc(C(N)=O)c2c(ccn2CCCO)c1)NCCOc1ccc(F)cc1OC(C)(C)C. The Labute approximate surface area is 206 Å². The minimum absolute atomic E-state index is 0.0860. The molecule has 0 saturated carbocycles. The van der Waals surface area contributed by atoms with Crippen LogP contribution in [0.25, 0.3) is 10.9 Å². The smallest absolute Gasteiger partial charge is 0.250 e. The van der Waals surface area contributed by atoms with E-state index in [1.54, 1.807) is 6.07 Å². The van der Waals surface area contributed by atoms with Crippen LogP contribution >= 0.6 is 0 Å². The zero-order chi connectivity index (χ0) is 25.6. The Bertz CT molecular complexity index is 1150. The topological polar surface area (TPSA) is 98.7 Å². The lowest BCUT2D eigenvalue weighted by atomic mass is 10.0. The van der Waals surface area contributed by atoms with Crippen molar-refractivity contribution in [3.05, 3.63) is 59.5 Å². The predicted molar refractivity (Wildman–Crippen MR) is 136 cm³/mol. The molecule has 2 aromatic carbocycles. The van der Waals surface area contributed by atoms with E-state index < -0.39 is 11.5 Å². The molecule has 7 nitrogen and oxygen atoms in total. The third-order valence-electron chi connectivity index (χ3n) is 5.46. The molecule has 1 atom stereocenters. The van der Waals surface area contributed by atoms with Crippen molar-refractivity contribution in [2.45, 2.75) is 58.7 Å². The lowest BCUT2D eigenvalue weighted by Crippen LogP contribution is -2.32. The molecule has 3 rings (SSSR count). The number of amides is 1. The third-order valence-corrected chi connectivity index (χ3v) is 5.46. The van der Waals surface area contributed by atoms with Gasteiger partial charge in [0, 0.05) is 43.4 Å². The normalized spacial score (nSPS) is 12.6. The average molecular weight is 486 g/mol. The number of hydrogen-bond donors (Lipinski definition) is 3. The molecule has 4 N–H and O–H groups in total. The van der Waals surface area contributed by atoms with Gasteiger partial charge in [0.05, 0.1) is 11.1 Å². The van der Waals surface area contributed by atoms with Crippen LogP contribution in [0.5, 0.6) is 11.5 Å². The number of hydrogen-bond acceptors (Lipinski definition) is 5. The number of benzene rings is 2. The van der Waals surface area contributed by atoms with Crippen LogP contribution in [0.2, 0.25) is 0 Å². The van der Waals surface area contributed by atoms with Gasteiger partial charge in [0.2, 0.25) is 0 Å². The highest BCUT2D eigenvalue weighted by atomic mass is 19.1. The van der Waals surface area contributed by atoms with E-state index in [1.807, 2.05) is 43.7 Å². The van der Waals surface area contributed by atoms with Gasteiger partial charge >= 0.3 is 0 Å². The molecule has 0 radical (unpaired) electrons. The van der Waals surface area contributed by atoms with Crippen LogP contribution in [-0.2, 0) is 13.0 Å². The van der Waals surface area contributed by atoms with Crippen molar-refractivity contribution < 1.29 is 23.8 Å². The lowest BCUT2D eigenvalue weighted by molar-refractivity contribution is 0.100. The summed E-state index contributed by atoms with van der Waals surface area (Å²) in [6.45, 7) is 9.43. The maximum atomic E-state index is 13.7. The maximum absolute atomic E-state index is 13.7. The molecule has 0 aliphatic rings. The number of halogens is 1. The fraction of sp³-hybridized carbons (Fsp3) is 0.444. The Kier molecular flexibility index (Phi) is 8.75. The van der Waals surface area contributed by atoms with Crippen LogP contribution in [0.4, 0.5) is 4.39 Å². The number of carbonyl (C=O) groups excluding carboxylic acids is 1. The molecule has 0 bridgehead atoms. The first kappa shape index (κ1) is 26.5. The number of aryl methyl sites for hydroxylation is 1. The Hall–Kier alpha value is -3.10. The van der Waals surface area contributed by atoms with Crippen molar-refractivity contribution >= 4 is 16.8 Å². The lowest BCUT2D eigenvalue weighted by Gasteiger charge is -2.23. The second kappa shape index (κ2) is 11.6. The van der Waals surface area contributed by atoms with Crippen LogP contribution in [-0.4, -0.2) is 47.0 Å². The van der Waals surface area contributed by atoms with E-state index in [1.165, 1.54) is 12.1 Å². The quantitative estimate of drug-likeness (QED) is 0.336. The summed E-state index contributed by atoms with van der Waals surface area (Å²) < 4.78 is 27.3. The first-order chi connectivity index (χ1) is 16.6. The van der Waals surface area contributed by atoms with Gasteiger partial charge < -0.3 is 30.2 Å². The van der Waals surface area contributed by atoms with Gasteiger partial charge in [-0.1, -0.05) is 0 Å². The van der Waals surface area contributed by atoms with E-state index in [2.05, 4.69) is 18.3 Å². The number of ether oxygens (including phenoxy) is 2. The molecule has 1 unspecified atom stereocenters. The van der Waals surface area contributed by atoms with E-state index in [9.17, 15) is 9.18 Å². The number of nitrogens with one attached hydrogen (secondary N) is 1. The summed E-state index contributed by atoms with van der Waals surface area (Å²) in [5, 5.41) is 13.5. The molecule has 0 fully saturated rings. The van der Waals surface area contributed by atoms with Gasteiger partial charge in [0.25, 0.3) is 5.91 Å². The summed E-state index contributed by atoms with van der Waals surface area (Å²) in [6.07, 6.45) is 3.23. The van der Waals surface area contributed by atoms with Gasteiger partial charge in [0.15, 0.2) is 11.5 Å². The number of aliphatic hydroxyl groups excluding tert-OH is 1. The molecule has 35 heavy (non-hydrogen) atoms. The fourth-order valence-corrected chi connectivity index (χ4v) is 4.05. The second-order valence-electron chi connectivity index (χ2n) is 9.75. The summed E-state index contributed by atoms with van der Waals surface area (Å²) >= 11 is 0. The molecule has 1 heterocycles. The molecule has 190 valence electrons. The monoisotopic (exact) mass is 485 g/mol. The number of primary amides is 1. The number of aromatic nitrogens is 1. The summed E-state index contributed by atoms with van der Waals surface area (Å²) in [5.74, 6) is 0.0311.